The Balaban J connectivity index is 1.54. The molecule has 1 amide bonds. The molecule has 7 heteroatoms. The molecule has 0 aromatic carbocycles. The number of carbonyl (C=O) groups is 1. The number of ether oxygens (including phenoxy) is 1. The molecule has 0 bridgehead atoms. The summed E-state index contributed by atoms with van der Waals surface area (Å²) in [4.78, 5) is 21.5. The zero-order chi connectivity index (χ0) is 18.6. The molecule has 4 heterocycles. The fourth-order valence-corrected chi connectivity index (χ4v) is 3.52. The Kier molecular flexibility index (Phi) is 5.11. The third-order valence-electron chi connectivity index (χ3n) is 4.94. The Labute approximate surface area is 157 Å². The minimum atomic E-state index is -0.161. The average Bonchev–Trinajstić information content (AvgIpc) is 3.12. The lowest BCUT2D eigenvalue weighted by Crippen LogP contribution is -2.28. The van der Waals surface area contributed by atoms with E-state index in [1.54, 1.807) is 6.20 Å². The van der Waals surface area contributed by atoms with Gasteiger partial charge in [-0.3, -0.25) is 14.5 Å². The number of nitrogens with zero attached hydrogens (tertiary/aromatic N) is 4. The van der Waals surface area contributed by atoms with Crippen molar-refractivity contribution in [3.05, 3.63) is 53.7 Å². The fraction of sp³-hybridized carbons (Fsp3) is 0.400. The lowest BCUT2D eigenvalue weighted by Gasteiger charge is -2.24. The van der Waals surface area contributed by atoms with Gasteiger partial charge in [0.05, 0.1) is 17.8 Å². The number of rotatable bonds is 5. The summed E-state index contributed by atoms with van der Waals surface area (Å²) in [6.45, 7) is 4.58. The van der Waals surface area contributed by atoms with E-state index in [-0.39, 0.29) is 5.91 Å². The molecule has 1 N–H and O–H groups in total. The van der Waals surface area contributed by atoms with E-state index in [9.17, 15) is 4.79 Å². The van der Waals surface area contributed by atoms with Gasteiger partial charge in [-0.25, -0.2) is 4.98 Å². The van der Waals surface area contributed by atoms with Crippen LogP contribution >= 0.6 is 0 Å². The largest absolute Gasteiger partial charge is 0.381 e. The molecule has 1 saturated heterocycles. The summed E-state index contributed by atoms with van der Waals surface area (Å²) in [6.07, 6.45) is 7.37. The summed E-state index contributed by atoms with van der Waals surface area (Å²) in [5.41, 5.74) is 3.37. The molecule has 4 rings (SSSR count). The number of hydrogen-bond acceptors (Lipinski definition) is 5. The molecular formula is C20H23N5O2. The molecule has 0 aliphatic carbocycles. The van der Waals surface area contributed by atoms with Crippen LogP contribution in [0.3, 0.4) is 0 Å². The van der Waals surface area contributed by atoms with Crippen molar-refractivity contribution in [1.29, 1.82) is 0 Å². The van der Waals surface area contributed by atoms with Gasteiger partial charge in [-0.2, -0.15) is 5.10 Å². The van der Waals surface area contributed by atoms with E-state index in [1.165, 1.54) is 0 Å². The van der Waals surface area contributed by atoms with Gasteiger partial charge in [0, 0.05) is 43.7 Å². The van der Waals surface area contributed by atoms with E-state index < -0.39 is 0 Å². The zero-order valence-corrected chi connectivity index (χ0v) is 15.4. The van der Waals surface area contributed by atoms with E-state index >= 15 is 0 Å². The smallest absolute Gasteiger partial charge is 0.269 e. The summed E-state index contributed by atoms with van der Waals surface area (Å²) in [5.74, 6) is 0.206. The second-order valence-electron chi connectivity index (χ2n) is 6.85. The molecule has 1 aliphatic heterocycles. The summed E-state index contributed by atoms with van der Waals surface area (Å²) in [5, 5.41) is 8.30. The Hall–Kier alpha value is -2.80. The maximum absolute atomic E-state index is 12.7. The molecule has 1 fully saturated rings. The molecule has 0 atom stereocenters. The second-order valence-corrected chi connectivity index (χ2v) is 6.85. The van der Waals surface area contributed by atoms with Crippen molar-refractivity contribution in [1.82, 2.24) is 25.1 Å². The first-order chi connectivity index (χ1) is 13.2. The lowest BCUT2D eigenvalue weighted by molar-refractivity contribution is 0.0855. The highest BCUT2D eigenvalue weighted by molar-refractivity contribution is 5.95. The third kappa shape index (κ3) is 3.98. The molecule has 0 spiro atoms. The van der Waals surface area contributed by atoms with E-state index in [0.717, 1.165) is 48.2 Å². The van der Waals surface area contributed by atoms with Crippen LogP contribution < -0.4 is 5.32 Å². The van der Waals surface area contributed by atoms with Gasteiger partial charge in [0.15, 0.2) is 0 Å². The van der Waals surface area contributed by atoms with Crippen molar-refractivity contribution in [3.8, 4) is 0 Å². The van der Waals surface area contributed by atoms with E-state index in [1.807, 2.05) is 42.2 Å². The number of nitrogens with one attached hydrogen (secondary N) is 1. The third-order valence-corrected chi connectivity index (χ3v) is 4.94. The van der Waals surface area contributed by atoms with Crippen LogP contribution in [0.15, 0.2) is 36.8 Å². The predicted octanol–water partition coefficient (Wildman–Crippen LogP) is 2.46. The fourth-order valence-electron chi connectivity index (χ4n) is 3.52. The Bertz CT molecular complexity index is 946. The summed E-state index contributed by atoms with van der Waals surface area (Å²) >= 11 is 0. The number of hydrogen-bond donors (Lipinski definition) is 1. The normalized spacial score (nSPS) is 15.1. The Morgan fingerprint density at radius 2 is 2.19 bits per heavy atom. The van der Waals surface area contributed by atoms with Gasteiger partial charge in [0.25, 0.3) is 5.91 Å². The molecule has 3 aromatic rings. The maximum Gasteiger partial charge on any atom is 0.269 e. The number of aromatic nitrogens is 4. The number of pyridine rings is 2. The monoisotopic (exact) mass is 365 g/mol. The first kappa shape index (κ1) is 17.6. The maximum atomic E-state index is 12.7. The van der Waals surface area contributed by atoms with Crippen LogP contribution in [0.1, 0.15) is 40.5 Å². The van der Waals surface area contributed by atoms with Gasteiger partial charge in [-0.1, -0.05) is 0 Å². The van der Waals surface area contributed by atoms with Gasteiger partial charge < -0.3 is 10.1 Å². The molecule has 0 radical (unpaired) electrons. The highest BCUT2D eigenvalue weighted by atomic mass is 16.5. The van der Waals surface area contributed by atoms with E-state index in [4.69, 9.17) is 4.74 Å². The van der Waals surface area contributed by atoms with Crippen molar-refractivity contribution >= 4 is 16.8 Å². The molecule has 7 nitrogen and oxygen atoms in total. The van der Waals surface area contributed by atoms with Crippen LogP contribution in [0.5, 0.6) is 0 Å². The Morgan fingerprint density at radius 3 is 2.96 bits per heavy atom. The summed E-state index contributed by atoms with van der Waals surface area (Å²) in [6, 6.07) is 5.73. The quantitative estimate of drug-likeness (QED) is 0.751. The van der Waals surface area contributed by atoms with Crippen molar-refractivity contribution < 1.29 is 9.53 Å². The molecule has 140 valence electrons. The SMILES string of the molecule is Cc1ccn(CCNC(=O)c2cc(C3CCOCC3)c3cnccc3n2)n1. The van der Waals surface area contributed by atoms with Crippen LogP contribution in [0.2, 0.25) is 0 Å². The lowest BCUT2D eigenvalue weighted by atomic mass is 9.89. The van der Waals surface area contributed by atoms with Crippen LogP contribution in [0, 0.1) is 6.92 Å². The van der Waals surface area contributed by atoms with Gasteiger partial charge in [0.1, 0.15) is 5.69 Å². The van der Waals surface area contributed by atoms with E-state index in [2.05, 4.69) is 20.4 Å². The second kappa shape index (κ2) is 7.84. The van der Waals surface area contributed by atoms with Crippen LogP contribution in [-0.2, 0) is 11.3 Å². The molecular weight excluding hydrogens is 342 g/mol. The molecule has 3 aromatic heterocycles. The van der Waals surface area contributed by atoms with Crippen molar-refractivity contribution in [2.75, 3.05) is 19.8 Å². The first-order valence-corrected chi connectivity index (χ1v) is 9.31. The number of amides is 1. The van der Waals surface area contributed by atoms with Crippen molar-refractivity contribution in [2.45, 2.75) is 32.2 Å². The standard InChI is InChI=1S/C20H23N5O2/c1-14-3-8-25(24-14)9-7-22-20(26)19-12-16(15-4-10-27-11-5-15)17-13-21-6-2-18(17)23-19/h2-3,6,8,12-13,15H,4-5,7,9-11H2,1H3,(H,22,26). The number of carbonyl (C=O) groups excluding carboxylic acids is 1. The summed E-state index contributed by atoms with van der Waals surface area (Å²) < 4.78 is 7.31. The van der Waals surface area contributed by atoms with Gasteiger partial charge in [0.2, 0.25) is 0 Å². The van der Waals surface area contributed by atoms with Crippen LogP contribution in [-0.4, -0.2) is 45.4 Å². The minimum absolute atomic E-state index is 0.161. The zero-order valence-electron chi connectivity index (χ0n) is 15.4. The van der Waals surface area contributed by atoms with Crippen molar-refractivity contribution in [3.63, 3.8) is 0 Å². The van der Waals surface area contributed by atoms with Gasteiger partial charge in [-0.05, 0) is 49.4 Å². The highest BCUT2D eigenvalue weighted by Gasteiger charge is 2.21. The topological polar surface area (TPSA) is 81.9 Å². The van der Waals surface area contributed by atoms with Crippen LogP contribution in [0.25, 0.3) is 10.9 Å². The van der Waals surface area contributed by atoms with Gasteiger partial charge >= 0.3 is 0 Å². The average molecular weight is 365 g/mol. The minimum Gasteiger partial charge on any atom is -0.381 e. The number of aryl methyl sites for hydroxylation is 1. The first-order valence-electron chi connectivity index (χ1n) is 9.31. The van der Waals surface area contributed by atoms with E-state index in [0.29, 0.717) is 24.7 Å². The van der Waals surface area contributed by atoms with Gasteiger partial charge in [-0.15, -0.1) is 0 Å². The highest BCUT2D eigenvalue weighted by Crippen LogP contribution is 2.32. The molecule has 0 saturated carbocycles. The summed E-state index contributed by atoms with van der Waals surface area (Å²) in [7, 11) is 0. The van der Waals surface area contributed by atoms with Crippen LogP contribution in [0.4, 0.5) is 0 Å². The molecule has 1 aliphatic rings. The molecule has 0 unspecified atom stereocenters. The van der Waals surface area contributed by atoms with Crippen molar-refractivity contribution in [2.24, 2.45) is 0 Å². The number of fused-ring (bicyclic) bond motifs is 1. The molecule has 27 heavy (non-hydrogen) atoms. The predicted molar refractivity (Wildman–Crippen MR) is 102 cm³/mol. The Morgan fingerprint density at radius 1 is 1.33 bits per heavy atom.